The average molecular weight is 328 g/mol. The van der Waals surface area contributed by atoms with E-state index in [1.165, 1.54) is 12.1 Å². The summed E-state index contributed by atoms with van der Waals surface area (Å²) in [5.74, 6) is -0.761. The maximum atomic E-state index is 13.9. The van der Waals surface area contributed by atoms with E-state index in [1.54, 1.807) is 13.8 Å². The normalized spacial score (nSPS) is 11.4. The van der Waals surface area contributed by atoms with E-state index in [0.717, 1.165) is 6.07 Å². The van der Waals surface area contributed by atoms with Crippen molar-refractivity contribution in [2.75, 3.05) is 4.72 Å². The highest BCUT2D eigenvalue weighted by Gasteiger charge is 2.23. The molecule has 1 heterocycles. The van der Waals surface area contributed by atoms with Crippen LogP contribution < -0.4 is 10.5 Å². The summed E-state index contributed by atoms with van der Waals surface area (Å²) in [6, 6.07) is 3.79. The largest absolute Gasteiger partial charge is 0.389 e. The molecule has 0 saturated carbocycles. The SMILES string of the molecule is Cc1n[nH]c(C)c1S(=O)(=O)Nc1ccc(C(N)=S)cc1F. The van der Waals surface area contributed by atoms with Crippen LogP contribution in [0, 0.1) is 19.7 Å². The fraction of sp³-hybridized carbons (Fsp3) is 0.167. The van der Waals surface area contributed by atoms with Crippen LogP contribution in [0.1, 0.15) is 17.0 Å². The number of aromatic nitrogens is 2. The minimum atomic E-state index is -3.93. The van der Waals surface area contributed by atoms with E-state index in [4.69, 9.17) is 18.0 Å². The Morgan fingerprint density at radius 1 is 1.43 bits per heavy atom. The summed E-state index contributed by atoms with van der Waals surface area (Å²) >= 11 is 4.73. The average Bonchev–Trinajstić information content (AvgIpc) is 2.71. The van der Waals surface area contributed by atoms with Crippen molar-refractivity contribution >= 4 is 32.9 Å². The summed E-state index contributed by atoms with van der Waals surface area (Å²) in [7, 11) is -3.93. The van der Waals surface area contributed by atoms with Crippen molar-refractivity contribution in [2.24, 2.45) is 5.73 Å². The molecule has 0 bridgehead atoms. The van der Waals surface area contributed by atoms with Crippen LogP contribution in [0.25, 0.3) is 0 Å². The van der Waals surface area contributed by atoms with E-state index >= 15 is 0 Å². The van der Waals surface area contributed by atoms with Crippen LogP contribution in [0.5, 0.6) is 0 Å². The Hall–Kier alpha value is -2.00. The number of hydrogen-bond acceptors (Lipinski definition) is 4. The third-order valence-electron chi connectivity index (χ3n) is 2.83. The van der Waals surface area contributed by atoms with Crippen LogP contribution >= 0.6 is 12.2 Å². The van der Waals surface area contributed by atoms with Crippen LogP contribution in [-0.2, 0) is 10.0 Å². The Bertz CT molecular complexity index is 795. The molecule has 0 aliphatic heterocycles. The summed E-state index contributed by atoms with van der Waals surface area (Å²) in [4.78, 5) is 0.0325. The van der Waals surface area contributed by atoms with Gasteiger partial charge in [-0.05, 0) is 32.0 Å². The third-order valence-corrected chi connectivity index (χ3v) is 4.69. The molecule has 0 saturated heterocycles. The van der Waals surface area contributed by atoms with Gasteiger partial charge in [-0.1, -0.05) is 12.2 Å². The van der Waals surface area contributed by atoms with Gasteiger partial charge in [0.1, 0.15) is 15.7 Å². The summed E-state index contributed by atoms with van der Waals surface area (Å²) in [5.41, 5.74) is 6.21. The molecule has 1 aromatic carbocycles. The highest BCUT2D eigenvalue weighted by atomic mass is 32.2. The number of hydrogen-bond donors (Lipinski definition) is 3. The first-order chi connectivity index (χ1) is 9.72. The van der Waals surface area contributed by atoms with Gasteiger partial charge in [0, 0.05) is 5.56 Å². The van der Waals surface area contributed by atoms with E-state index in [2.05, 4.69) is 14.9 Å². The Morgan fingerprint density at radius 3 is 2.57 bits per heavy atom. The molecule has 0 radical (unpaired) electrons. The summed E-state index contributed by atoms with van der Waals surface area (Å²) in [6.07, 6.45) is 0. The summed E-state index contributed by atoms with van der Waals surface area (Å²) in [5, 5.41) is 6.38. The lowest BCUT2D eigenvalue weighted by Crippen LogP contribution is -2.16. The van der Waals surface area contributed by atoms with Gasteiger partial charge in [-0.15, -0.1) is 0 Å². The fourth-order valence-corrected chi connectivity index (χ4v) is 3.45. The lowest BCUT2D eigenvalue weighted by Gasteiger charge is -2.10. The first-order valence-corrected chi connectivity index (χ1v) is 7.75. The van der Waals surface area contributed by atoms with Crippen LogP contribution in [-0.4, -0.2) is 23.6 Å². The second-order valence-corrected chi connectivity index (χ2v) is 6.49. The number of halogens is 1. The van der Waals surface area contributed by atoms with Crippen molar-refractivity contribution in [1.82, 2.24) is 10.2 Å². The number of anilines is 1. The number of nitrogens with one attached hydrogen (secondary N) is 2. The maximum absolute atomic E-state index is 13.9. The molecule has 0 unspecified atom stereocenters. The maximum Gasteiger partial charge on any atom is 0.265 e. The van der Waals surface area contributed by atoms with Crippen molar-refractivity contribution in [3.8, 4) is 0 Å². The molecule has 0 atom stereocenters. The van der Waals surface area contributed by atoms with Crippen molar-refractivity contribution < 1.29 is 12.8 Å². The zero-order chi connectivity index (χ0) is 15.8. The first kappa shape index (κ1) is 15.4. The van der Waals surface area contributed by atoms with Gasteiger partial charge in [-0.2, -0.15) is 5.10 Å². The molecule has 2 rings (SSSR count). The van der Waals surface area contributed by atoms with Crippen LogP contribution in [0.2, 0.25) is 0 Å². The number of aromatic amines is 1. The Morgan fingerprint density at radius 2 is 2.10 bits per heavy atom. The molecule has 0 spiro atoms. The number of nitrogens with two attached hydrogens (primary N) is 1. The van der Waals surface area contributed by atoms with Crippen LogP contribution in [0.3, 0.4) is 0 Å². The highest BCUT2D eigenvalue weighted by molar-refractivity contribution is 7.92. The van der Waals surface area contributed by atoms with Crippen LogP contribution in [0.4, 0.5) is 10.1 Å². The topological polar surface area (TPSA) is 101 Å². The molecule has 0 aliphatic rings. The number of thiocarbonyl (C=S) groups is 1. The predicted octanol–water partition coefficient (Wildman–Crippen LogP) is 1.60. The van der Waals surface area contributed by atoms with Gasteiger partial charge >= 0.3 is 0 Å². The van der Waals surface area contributed by atoms with E-state index in [-0.39, 0.29) is 15.6 Å². The zero-order valence-electron chi connectivity index (χ0n) is 11.3. The molecular formula is C12H13FN4O2S2. The standard InChI is InChI=1S/C12H13FN4O2S2/c1-6-11(7(2)16-15-6)21(18,19)17-10-4-3-8(12(14)20)5-9(10)13/h3-5,17H,1-2H3,(H2,14,20)(H,15,16). The lowest BCUT2D eigenvalue weighted by atomic mass is 10.2. The van der Waals surface area contributed by atoms with Gasteiger partial charge in [0.15, 0.2) is 0 Å². The van der Waals surface area contributed by atoms with E-state index in [0.29, 0.717) is 17.0 Å². The van der Waals surface area contributed by atoms with Crippen LogP contribution in [0.15, 0.2) is 23.1 Å². The minimum Gasteiger partial charge on any atom is -0.389 e. The second kappa shape index (κ2) is 5.41. The van der Waals surface area contributed by atoms with Gasteiger partial charge in [0.05, 0.1) is 17.1 Å². The molecule has 112 valence electrons. The van der Waals surface area contributed by atoms with Gasteiger partial charge < -0.3 is 5.73 Å². The molecule has 0 amide bonds. The number of sulfonamides is 1. The monoisotopic (exact) mass is 328 g/mol. The van der Waals surface area contributed by atoms with E-state index < -0.39 is 15.8 Å². The Labute approximate surface area is 126 Å². The number of nitrogens with zero attached hydrogens (tertiary/aromatic N) is 1. The molecule has 0 fully saturated rings. The zero-order valence-corrected chi connectivity index (χ0v) is 12.9. The van der Waals surface area contributed by atoms with Gasteiger partial charge in [0.2, 0.25) is 0 Å². The van der Waals surface area contributed by atoms with Gasteiger partial charge in [-0.25, -0.2) is 12.8 Å². The molecule has 21 heavy (non-hydrogen) atoms. The second-order valence-electron chi connectivity index (χ2n) is 4.43. The number of rotatable bonds is 4. The fourth-order valence-electron chi connectivity index (χ4n) is 1.88. The quantitative estimate of drug-likeness (QED) is 0.740. The molecule has 1 aromatic heterocycles. The molecule has 6 nitrogen and oxygen atoms in total. The summed E-state index contributed by atoms with van der Waals surface area (Å²) < 4.78 is 40.7. The molecule has 9 heteroatoms. The minimum absolute atomic E-state index is 0.000298. The Kier molecular flexibility index (Phi) is 3.97. The van der Waals surface area contributed by atoms with E-state index in [1.807, 2.05) is 0 Å². The summed E-state index contributed by atoms with van der Waals surface area (Å²) in [6.45, 7) is 3.12. The van der Waals surface area contributed by atoms with Crippen molar-refractivity contribution in [1.29, 1.82) is 0 Å². The molecule has 4 N–H and O–H groups in total. The number of aryl methyl sites for hydroxylation is 2. The predicted molar refractivity (Wildman–Crippen MR) is 81.2 cm³/mol. The molecule has 0 aliphatic carbocycles. The smallest absolute Gasteiger partial charge is 0.265 e. The van der Waals surface area contributed by atoms with Crippen molar-refractivity contribution in [2.45, 2.75) is 18.7 Å². The van der Waals surface area contributed by atoms with Gasteiger partial charge in [-0.3, -0.25) is 9.82 Å². The lowest BCUT2D eigenvalue weighted by molar-refractivity contribution is 0.597. The van der Waals surface area contributed by atoms with Gasteiger partial charge in [0.25, 0.3) is 10.0 Å². The number of benzene rings is 1. The number of H-pyrrole nitrogens is 1. The first-order valence-electron chi connectivity index (χ1n) is 5.86. The molecule has 2 aromatic rings. The van der Waals surface area contributed by atoms with Crippen molar-refractivity contribution in [3.63, 3.8) is 0 Å². The third kappa shape index (κ3) is 3.03. The Balaban J connectivity index is 2.40. The van der Waals surface area contributed by atoms with E-state index in [9.17, 15) is 12.8 Å². The molecular weight excluding hydrogens is 315 g/mol. The van der Waals surface area contributed by atoms with Crippen molar-refractivity contribution in [3.05, 3.63) is 41.0 Å². The highest BCUT2D eigenvalue weighted by Crippen LogP contribution is 2.23.